The number of fused-ring (bicyclic) bond motifs is 1. The van der Waals surface area contributed by atoms with Crippen LogP contribution >= 0.6 is 0 Å². The molecule has 39 heavy (non-hydrogen) atoms. The standard InChI is InChI=1S/C21H24N2O2.C10H14F3N/c1-4-5-6-18-19-13-17(23(24)25)11-12-20(19)22-21(18)15(3)16-9-7-14(2)8-10-16;1-4-5-9(3)14-7-6-8(2)10(11,12)13/h7-13,15,22H,4-6H2,1-3H3;6-7H,2,4-5H2,1,3H3/b;7-6-,14-9?. The summed E-state index contributed by atoms with van der Waals surface area (Å²) in [6.07, 6.45) is 2.49. The monoisotopic (exact) mass is 541 g/mol. The lowest BCUT2D eigenvalue weighted by atomic mass is 9.92. The zero-order valence-electron chi connectivity index (χ0n) is 23.4. The molecule has 1 unspecified atom stereocenters. The van der Waals surface area contributed by atoms with Crippen LogP contribution in [0.5, 0.6) is 0 Å². The zero-order chi connectivity index (χ0) is 29.2. The molecule has 0 aliphatic carbocycles. The first-order chi connectivity index (χ1) is 18.4. The fourth-order valence-electron chi connectivity index (χ4n) is 4.16. The molecule has 3 aromatic rings. The van der Waals surface area contributed by atoms with Crippen LogP contribution in [-0.2, 0) is 6.42 Å². The van der Waals surface area contributed by atoms with Crippen LogP contribution in [-0.4, -0.2) is 21.8 Å². The molecule has 1 atom stereocenters. The average Bonchev–Trinajstić information content (AvgIpc) is 3.25. The molecule has 0 amide bonds. The Morgan fingerprint density at radius 2 is 1.82 bits per heavy atom. The smallest absolute Gasteiger partial charge is 0.358 e. The van der Waals surface area contributed by atoms with Crippen molar-refractivity contribution in [1.29, 1.82) is 0 Å². The van der Waals surface area contributed by atoms with Crippen LogP contribution in [0.2, 0.25) is 0 Å². The number of nitrogens with one attached hydrogen (secondary N) is 1. The first-order valence-corrected chi connectivity index (χ1v) is 13.2. The van der Waals surface area contributed by atoms with Crippen molar-refractivity contribution in [1.82, 2.24) is 4.98 Å². The fourth-order valence-corrected chi connectivity index (χ4v) is 4.16. The zero-order valence-corrected chi connectivity index (χ0v) is 23.4. The molecule has 3 rings (SSSR count). The van der Waals surface area contributed by atoms with E-state index in [9.17, 15) is 23.3 Å². The van der Waals surface area contributed by atoms with Gasteiger partial charge >= 0.3 is 6.18 Å². The van der Waals surface area contributed by atoms with E-state index >= 15 is 0 Å². The highest BCUT2D eigenvalue weighted by molar-refractivity contribution is 5.87. The van der Waals surface area contributed by atoms with Gasteiger partial charge in [-0.2, -0.15) is 13.2 Å². The summed E-state index contributed by atoms with van der Waals surface area (Å²) in [5.74, 6) is 0.221. The van der Waals surface area contributed by atoms with Crippen molar-refractivity contribution in [2.24, 2.45) is 4.99 Å². The summed E-state index contributed by atoms with van der Waals surface area (Å²) in [5, 5.41) is 12.1. The summed E-state index contributed by atoms with van der Waals surface area (Å²) in [6.45, 7) is 13.1. The Hall–Kier alpha value is -3.68. The number of hydrogen-bond donors (Lipinski definition) is 1. The van der Waals surface area contributed by atoms with Gasteiger partial charge in [0.05, 0.1) is 4.92 Å². The maximum Gasteiger partial charge on any atom is 0.415 e. The van der Waals surface area contributed by atoms with Crippen LogP contribution in [0.1, 0.15) is 81.7 Å². The fraction of sp³-hybridized carbons (Fsp3) is 0.387. The molecule has 2 aromatic carbocycles. The van der Waals surface area contributed by atoms with Crippen LogP contribution in [0, 0.1) is 17.0 Å². The molecule has 0 fully saturated rings. The number of aliphatic imine (C=N–C) groups is 1. The number of benzene rings is 2. The number of non-ortho nitro benzene ring substituents is 1. The SMILES string of the molecule is C=C(/C=C\N=C(C)CCC)C(F)(F)F.CCCCc1c(C(C)c2ccc(C)cc2)[nH]c2ccc([N+](=O)[O-])cc12. The Bertz CT molecular complexity index is 1320. The molecule has 210 valence electrons. The van der Waals surface area contributed by atoms with Gasteiger partial charge < -0.3 is 4.98 Å². The third-order valence-electron chi connectivity index (χ3n) is 6.47. The van der Waals surface area contributed by atoms with Crippen molar-refractivity contribution in [3.8, 4) is 0 Å². The van der Waals surface area contributed by atoms with Crippen molar-refractivity contribution < 1.29 is 18.1 Å². The summed E-state index contributed by atoms with van der Waals surface area (Å²) in [7, 11) is 0. The Morgan fingerprint density at radius 3 is 2.38 bits per heavy atom. The number of allylic oxidation sites excluding steroid dienone is 2. The van der Waals surface area contributed by atoms with E-state index < -0.39 is 11.7 Å². The molecule has 0 spiro atoms. The quantitative estimate of drug-likeness (QED) is 0.120. The first-order valence-electron chi connectivity index (χ1n) is 13.2. The van der Waals surface area contributed by atoms with Crippen LogP contribution in [0.25, 0.3) is 10.9 Å². The Balaban J connectivity index is 0.000000326. The maximum atomic E-state index is 11.9. The van der Waals surface area contributed by atoms with E-state index in [2.05, 4.69) is 61.6 Å². The number of hydrogen-bond acceptors (Lipinski definition) is 3. The predicted octanol–water partition coefficient (Wildman–Crippen LogP) is 9.76. The van der Waals surface area contributed by atoms with Gasteiger partial charge in [-0.15, -0.1) is 0 Å². The topological polar surface area (TPSA) is 71.3 Å². The number of H-pyrrole nitrogens is 1. The minimum Gasteiger partial charge on any atom is -0.358 e. The second-order valence-electron chi connectivity index (χ2n) is 9.69. The van der Waals surface area contributed by atoms with Gasteiger partial charge in [-0.25, -0.2) is 0 Å². The minimum absolute atomic E-state index is 0.152. The average molecular weight is 542 g/mol. The number of halogens is 3. The van der Waals surface area contributed by atoms with Gasteiger partial charge in [0.15, 0.2) is 0 Å². The summed E-state index contributed by atoms with van der Waals surface area (Å²) in [4.78, 5) is 18.2. The van der Waals surface area contributed by atoms with Crippen molar-refractivity contribution in [3.05, 3.63) is 99.4 Å². The summed E-state index contributed by atoms with van der Waals surface area (Å²) in [5.41, 5.74) is 5.95. The number of rotatable bonds is 10. The number of nitro groups is 1. The van der Waals surface area contributed by atoms with Crippen molar-refractivity contribution in [2.45, 2.75) is 78.8 Å². The van der Waals surface area contributed by atoms with E-state index in [1.54, 1.807) is 19.1 Å². The van der Waals surface area contributed by atoms with Crippen molar-refractivity contribution >= 4 is 22.3 Å². The van der Waals surface area contributed by atoms with Gasteiger partial charge in [0.2, 0.25) is 0 Å². The maximum absolute atomic E-state index is 11.9. The molecule has 0 saturated heterocycles. The molecule has 1 heterocycles. The number of nitro benzene ring substituents is 1. The molecule has 1 aromatic heterocycles. The second-order valence-corrected chi connectivity index (χ2v) is 9.69. The normalized spacial score (nSPS) is 12.9. The predicted molar refractivity (Wildman–Crippen MR) is 155 cm³/mol. The number of aromatic amines is 1. The Morgan fingerprint density at radius 1 is 1.15 bits per heavy atom. The van der Waals surface area contributed by atoms with Crippen LogP contribution in [0.15, 0.2) is 71.9 Å². The summed E-state index contributed by atoms with van der Waals surface area (Å²) >= 11 is 0. The Labute approximate surface area is 228 Å². The molecule has 0 radical (unpaired) electrons. The third kappa shape index (κ3) is 9.23. The lowest BCUT2D eigenvalue weighted by Gasteiger charge is -2.14. The lowest BCUT2D eigenvalue weighted by Crippen LogP contribution is -2.08. The van der Waals surface area contributed by atoms with E-state index in [1.807, 2.05) is 13.0 Å². The molecule has 8 heteroatoms. The van der Waals surface area contributed by atoms with E-state index in [1.165, 1.54) is 22.4 Å². The highest BCUT2D eigenvalue weighted by Crippen LogP contribution is 2.34. The number of aromatic nitrogens is 1. The van der Waals surface area contributed by atoms with Gasteiger partial charge in [0.1, 0.15) is 0 Å². The van der Waals surface area contributed by atoms with Gasteiger partial charge in [0.25, 0.3) is 5.69 Å². The molecule has 0 aliphatic rings. The van der Waals surface area contributed by atoms with E-state index in [0.29, 0.717) is 0 Å². The largest absolute Gasteiger partial charge is 0.415 e. The molecular weight excluding hydrogens is 503 g/mol. The van der Waals surface area contributed by atoms with Gasteiger partial charge in [-0.05, 0) is 56.4 Å². The number of nitrogens with zero attached hydrogens (tertiary/aromatic N) is 2. The third-order valence-corrected chi connectivity index (χ3v) is 6.47. The number of alkyl halides is 3. The van der Waals surface area contributed by atoms with E-state index in [-0.39, 0.29) is 16.5 Å². The van der Waals surface area contributed by atoms with Gasteiger partial charge in [0, 0.05) is 52.1 Å². The lowest BCUT2D eigenvalue weighted by molar-refractivity contribution is -0.384. The van der Waals surface area contributed by atoms with Crippen molar-refractivity contribution in [2.75, 3.05) is 0 Å². The van der Waals surface area contributed by atoms with Crippen molar-refractivity contribution in [3.63, 3.8) is 0 Å². The molecular formula is C31H38F3N3O2. The van der Waals surface area contributed by atoms with Gasteiger partial charge in [-0.3, -0.25) is 15.1 Å². The molecule has 0 saturated carbocycles. The van der Waals surface area contributed by atoms with Crippen LogP contribution in [0.3, 0.4) is 0 Å². The number of unbranched alkanes of at least 4 members (excludes halogenated alkanes) is 1. The van der Waals surface area contributed by atoms with Crippen LogP contribution < -0.4 is 0 Å². The molecule has 0 bridgehead atoms. The molecule has 0 aliphatic heterocycles. The highest BCUT2D eigenvalue weighted by atomic mass is 19.4. The summed E-state index contributed by atoms with van der Waals surface area (Å²) < 4.78 is 35.8. The molecule has 1 N–H and O–H groups in total. The van der Waals surface area contributed by atoms with Gasteiger partial charge in [-0.1, -0.05) is 70.0 Å². The van der Waals surface area contributed by atoms with Crippen LogP contribution in [0.4, 0.5) is 18.9 Å². The highest BCUT2D eigenvalue weighted by Gasteiger charge is 2.29. The van der Waals surface area contributed by atoms with E-state index in [0.717, 1.165) is 61.0 Å². The summed E-state index contributed by atoms with van der Waals surface area (Å²) in [6, 6.07) is 13.7. The Kier molecular flexibility index (Phi) is 11.7. The second kappa shape index (κ2) is 14.5. The molecule has 5 nitrogen and oxygen atoms in total. The van der Waals surface area contributed by atoms with E-state index in [4.69, 9.17) is 0 Å². The first kappa shape index (κ1) is 31.5. The minimum atomic E-state index is -4.36. The number of aryl methyl sites for hydroxylation is 2.